The molecule has 0 unspecified atom stereocenters. The molecule has 0 spiro atoms. The highest BCUT2D eigenvalue weighted by molar-refractivity contribution is 7.80. The van der Waals surface area contributed by atoms with E-state index < -0.39 is 34.4 Å². The predicted octanol–water partition coefficient (Wildman–Crippen LogP) is -1.77. The van der Waals surface area contributed by atoms with Gasteiger partial charge < -0.3 is 10.2 Å². The summed E-state index contributed by atoms with van der Waals surface area (Å²) >= 11 is 0. The third kappa shape index (κ3) is 4.32. The summed E-state index contributed by atoms with van der Waals surface area (Å²) in [5.74, 6) is -0.503. The first-order chi connectivity index (χ1) is 13.8. The van der Waals surface area contributed by atoms with Gasteiger partial charge >= 0.3 is 16.4 Å². The van der Waals surface area contributed by atoms with Crippen LogP contribution in [0.25, 0.3) is 0 Å². The van der Waals surface area contributed by atoms with Crippen LogP contribution in [0.15, 0.2) is 12.4 Å². The monoisotopic (exact) mass is 431 g/mol. The number of aromatic nitrogens is 3. The van der Waals surface area contributed by atoms with Crippen molar-refractivity contribution in [1.82, 2.24) is 35.8 Å². The van der Waals surface area contributed by atoms with E-state index in [1.165, 1.54) is 4.90 Å². The van der Waals surface area contributed by atoms with Gasteiger partial charge in [0.25, 0.3) is 5.91 Å². The van der Waals surface area contributed by atoms with E-state index in [1.807, 2.05) is 0 Å². The van der Waals surface area contributed by atoms with E-state index in [0.717, 1.165) is 6.42 Å². The molecule has 3 aliphatic heterocycles. The zero-order valence-electron chi connectivity index (χ0n) is 15.2. The number of nitrogens with one attached hydrogen (secondary N) is 2. The number of rotatable bonds is 7. The first-order valence-corrected chi connectivity index (χ1v) is 10.5. The van der Waals surface area contributed by atoms with Crippen molar-refractivity contribution in [1.29, 1.82) is 0 Å². The van der Waals surface area contributed by atoms with Gasteiger partial charge in [-0.1, -0.05) is 5.21 Å². The van der Waals surface area contributed by atoms with Gasteiger partial charge in [-0.2, -0.15) is 13.5 Å². The molecule has 0 aromatic carbocycles. The molecule has 3 aliphatic rings. The molecule has 0 aliphatic carbocycles. The second kappa shape index (κ2) is 7.83. The molecule has 3 fully saturated rings. The van der Waals surface area contributed by atoms with E-state index in [9.17, 15) is 18.0 Å². The Labute approximate surface area is 166 Å². The van der Waals surface area contributed by atoms with Crippen LogP contribution in [-0.4, -0.2) is 87.7 Å². The summed E-state index contributed by atoms with van der Waals surface area (Å²) in [5, 5.41) is 11.6. The van der Waals surface area contributed by atoms with Gasteiger partial charge in [-0.15, -0.1) is 9.38 Å². The SMILES string of the molecule is O=C(NOC[C@H]1C[C@H](n2ccnn2)CN1)[C@@H]1CC[C@@H]2CN1C(=O)N2OS(=O)(=O)O. The number of hydrogen-bond acceptors (Lipinski definition) is 9. The maximum Gasteiger partial charge on any atom is 0.418 e. The number of fused-ring (bicyclic) bond motifs is 2. The second-order valence-corrected chi connectivity index (χ2v) is 8.17. The highest BCUT2D eigenvalue weighted by Gasteiger charge is 2.49. The number of urea groups is 1. The maximum absolute atomic E-state index is 12.4. The molecule has 4 atom stereocenters. The topological polar surface area (TPSA) is 168 Å². The molecule has 4 heterocycles. The number of hydroxylamine groups is 3. The van der Waals surface area contributed by atoms with Crippen LogP contribution >= 0.6 is 0 Å². The molecule has 3 saturated heterocycles. The van der Waals surface area contributed by atoms with Crippen molar-refractivity contribution in [2.75, 3.05) is 19.7 Å². The number of hydrogen-bond donors (Lipinski definition) is 3. The van der Waals surface area contributed by atoms with Gasteiger partial charge in [0.2, 0.25) is 0 Å². The quantitative estimate of drug-likeness (QED) is 0.332. The van der Waals surface area contributed by atoms with Gasteiger partial charge in [-0.25, -0.2) is 15.0 Å². The van der Waals surface area contributed by atoms with Crippen molar-refractivity contribution in [2.45, 2.75) is 43.4 Å². The summed E-state index contributed by atoms with van der Waals surface area (Å²) in [6, 6.07) is -1.97. The van der Waals surface area contributed by atoms with E-state index in [1.54, 1.807) is 17.1 Å². The van der Waals surface area contributed by atoms with Crippen LogP contribution in [0.2, 0.25) is 0 Å². The lowest BCUT2D eigenvalue weighted by Crippen LogP contribution is -2.50. The van der Waals surface area contributed by atoms with Gasteiger partial charge in [0.1, 0.15) is 6.04 Å². The Morgan fingerprint density at radius 3 is 2.93 bits per heavy atom. The largest absolute Gasteiger partial charge is 0.418 e. The molecule has 3 N–H and O–H groups in total. The Bertz CT molecular complexity index is 864. The summed E-state index contributed by atoms with van der Waals surface area (Å²) in [6.07, 6.45) is 4.82. The standard InChI is InChI=1S/C14H21N7O7S/c22-13(17-27-8-9-5-11(6-15-9)20-4-3-16-18-20)12-2-1-10-7-19(12)14(23)21(10)28-29(24,25)26/h3-4,9-12,15H,1-2,5-8H2,(H,17,22)(H,24,25,26)/t9-,10-,11+,12+/m1/s1. The highest BCUT2D eigenvalue weighted by atomic mass is 32.3. The fourth-order valence-electron chi connectivity index (χ4n) is 3.92. The molecular weight excluding hydrogens is 410 g/mol. The summed E-state index contributed by atoms with van der Waals surface area (Å²) in [6.45, 7) is 1.07. The number of carbonyl (C=O) groups is 2. The molecule has 0 radical (unpaired) electrons. The first kappa shape index (κ1) is 20.0. The van der Waals surface area contributed by atoms with Crippen LogP contribution in [0.3, 0.4) is 0 Å². The van der Waals surface area contributed by atoms with Crippen molar-refractivity contribution in [2.24, 2.45) is 0 Å². The van der Waals surface area contributed by atoms with Crippen molar-refractivity contribution < 1.29 is 31.7 Å². The number of nitrogens with zero attached hydrogens (tertiary/aromatic N) is 5. The lowest BCUT2D eigenvalue weighted by molar-refractivity contribution is -0.139. The van der Waals surface area contributed by atoms with Gasteiger partial charge in [-0.3, -0.25) is 14.2 Å². The van der Waals surface area contributed by atoms with Crippen LogP contribution in [0.5, 0.6) is 0 Å². The van der Waals surface area contributed by atoms with Crippen LogP contribution in [0.4, 0.5) is 4.79 Å². The third-order valence-corrected chi connectivity index (χ3v) is 5.62. The van der Waals surface area contributed by atoms with Crippen LogP contribution in [0, 0.1) is 0 Å². The fraction of sp³-hybridized carbons (Fsp3) is 0.714. The van der Waals surface area contributed by atoms with Crippen molar-refractivity contribution in [3.8, 4) is 0 Å². The highest BCUT2D eigenvalue weighted by Crippen LogP contribution is 2.30. The molecule has 2 bridgehead atoms. The molecular formula is C14H21N7O7S. The molecule has 1 aromatic heterocycles. The predicted molar refractivity (Wildman–Crippen MR) is 92.9 cm³/mol. The minimum absolute atomic E-state index is 0.0207. The Morgan fingerprint density at radius 1 is 1.38 bits per heavy atom. The summed E-state index contributed by atoms with van der Waals surface area (Å²) in [4.78, 5) is 31.3. The summed E-state index contributed by atoms with van der Waals surface area (Å²) < 4.78 is 36.7. The second-order valence-electron chi connectivity index (χ2n) is 7.17. The van der Waals surface area contributed by atoms with Crippen molar-refractivity contribution >= 4 is 22.3 Å². The van der Waals surface area contributed by atoms with Gasteiger partial charge in [-0.05, 0) is 19.3 Å². The number of carbonyl (C=O) groups excluding carboxylic acids is 2. The van der Waals surface area contributed by atoms with E-state index in [4.69, 9.17) is 9.39 Å². The molecule has 160 valence electrons. The normalized spacial score (nSPS) is 29.5. The average molecular weight is 431 g/mol. The summed E-state index contributed by atoms with van der Waals surface area (Å²) in [7, 11) is -4.83. The third-order valence-electron chi connectivity index (χ3n) is 5.27. The van der Waals surface area contributed by atoms with Gasteiger partial charge in [0, 0.05) is 25.3 Å². The Kier molecular flexibility index (Phi) is 5.39. The molecule has 4 rings (SSSR count). The number of amides is 3. The zero-order chi connectivity index (χ0) is 20.6. The van der Waals surface area contributed by atoms with Crippen LogP contribution in [0.1, 0.15) is 25.3 Å². The average Bonchev–Trinajstić information content (AvgIpc) is 3.39. The van der Waals surface area contributed by atoms with Crippen molar-refractivity contribution in [3.05, 3.63) is 12.4 Å². The minimum atomic E-state index is -4.83. The van der Waals surface area contributed by atoms with Crippen LogP contribution in [-0.2, 0) is 24.3 Å². The molecule has 14 nitrogen and oxygen atoms in total. The van der Waals surface area contributed by atoms with E-state index >= 15 is 0 Å². The number of piperidine rings is 1. The summed E-state index contributed by atoms with van der Waals surface area (Å²) in [5.41, 5.74) is 2.36. The van der Waals surface area contributed by atoms with E-state index in [2.05, 4.69) is 25.4 Å². The van der Waals surface area contributed by atoms with Crippen LogP contribution < -0.4 is 10.8 Å². The van der Waals surface area contributed by atoms with E-state index in [-0.39, 0.29) is 25.2 Å². The van der Waals surface area contributed by atoms with Gasteiger partial charge in [0.05, 0.1) is 24.9 Å². The Balaban J connectivity index is 1.25. The lowest BCUT2D eigenvalue weighted by Gasteiger charge is -2.29. The fourth-order valence-corrected chi connectivity index (χ4v) is 4.31. The molecule has 3 amide bonds. The molecule has 29 heavy (non-hydrogen) atoms. The lowest BCUT2D eigenvalue weighted by atomic mass is 10.0. The van der Waals surface area contributed by atoms with Gasteiger partial charge in [0.15, 0.2) is 0 Å². The first-order valence-electron chi connectivity index (χ1n) is 9.09. The molecule has 1 aromatic rings. The smallest absolute Gasteiger partial charge is 0.309 e. The minimum Gasteiger partial charge on any atom is -0.309 e. The zero-order valence-corrected chi connectivity index (χ0v) is 16.1. The van der Waals surface area contributed by atoms with E-state index in [0.29, 0.717) is 24.4 Å². The maximum atomic E-state index is 12.4. The Morgan fingerprint density at radius 2 is 2.21 bits per heavy atom. The van der Waals surface area contributed by atoms with Crippen molar-refractivity contribution in [3.63, 3.8) is 0 Å². The molecule has 0 saturated carbocycles. The Hall–Kier alpha value is -2.33. The molecule has 15 heteroatoms.